The van der Waals surface area contributed by atoms with Gasteiger partial charge in [-0.2, -0.15) is 23.4 Å². The van der Waals surface area contributed by atoms with Crippen molar-refractivity contribution in [3.63, 3.8) is 0 Å². The summed E-state index contributed by atoms with van der Waals surface area (Å²) in [5, 5.41) is 12.8. The van der Waals surface area contributed by atoms with Crippen LogP contribution in [0, 0.1) is 0 Å². The molecule has 0 spiro atoms. The van der Waals surface area contributed by atoms with Gasteiger partial charge in [-0.05, 0) is 41.8 Å². The number of carbonyl (C=O) groups is 1. The van der Waals surface area contributed by atoms with Crippen molar-refractivity contribution in [1.82, 2.24) is 25.3 Å². The summed E-state index contributed by atoms with van der Waals surface area (Å²) >= 11 is 3.02. The maximum Gasteiger partial charge on any atom is 0.436 e. The van der Waals surface area contributed by atoms with E-state index in [0.717, 1.165) is 12.8 Å². The van der Waals surface area contributed by atoms with Crippen LogP contribution in [0.25, 0.3) is 0 Å². The van der Waals surface area contributed by atoms with Gasteiger partial charge >= 0.3 is 6.18 Å². The zero-order valence-corrected chi connectivity index (χ0v) is 14.3. The van der Waals surface area contributed by atoms with Crippen molar-refractivity contribution >= 4 is 21.8 Å². The molecule has 0 bridgehead atoms. The molecule has 6 nitrogen and oxygen atoms in total. The zero-order valence-electron chi connectivity index (χ0n) is 12.7. The van der Waals surface area contributed by atoms with Crippen LogP contribution < -0.4 is 5.32 Å². The summed E-state index contributed by atoms with van der Waals surface area (Å²) in [7, 11) is 0. The number of alkyl halides is 3. The minimum atomic E-state index is -4.57. The van der Waals surface area contributed by atoms with Crippen LogP contribution in [0.15, 0.2) is 16.7 Å². The fourth-order valence-corrected chi connectivity index (χ4v) is 3.26. The smallest absolute Gasteiger partial charge is 0.349 e. The molecular weight excluding hydrogens is 391 g/mol. The average Bonchev–Trinajstić information content (AvgIpc) is 3.08. The number of rotatable bonds is 5. The first-order chi connectivity index (χ1) is 11.3. The lowest BCUT2D eigenvalue weighted by Gasteiger charge is -2.15. The molecule has 0 aliphatic heterocycles. The number of halogens is 4. The third kappa shape index (κ3) is 3.33. The number of hydrogen-bond acceptors (Lipinski definition) is 3. The van der Waals surface area contributed by atoms with Crippen LogP contribution in [0.2, 0.25) is 0 Å². The lowest BCUT2D eigenvalue weighted by atomic mass is 10.2. The first-order valence-electron chi connectivity index (χ1n) is 7.40. The monoisotopic (exact) mass is 405 g/mol. The molecule has 2 aromatic rings. The molecule has 0 radical (unpaired) electrons. The van der Waals surface area contributed by atoms with Gasteiger partial charge in [-0.25, -0.2) is 0 Å². The highest BCUT2D eigenvalue weighted by Gasteiger charge is 2.42. The predicted octanol–water partition coefficient (Wildman–Crippen LogP) is 3.14. The summed E-state index contributed by atoms with van der Waals surface area (Å²) in [5.74, 6) is -0.402. The number of carbonyl (C=O) groups excluding carboxylic acids is 1. The van der Waals surface area contributed by atoms with Gasteiger partial charge in [0.1, 0.15) is 6.04 Å². The molecular formula is C14H15BrF3N5O. The minimum absolute atomic E-state index is 0.00540. The Labute approximate surface area is 143 Å². The van der Waals surface area contributed by atoms with Crippen LogP contribution >= 0.6 is 15.9 Å². The SMILES string of the molecule is CC(C(=O)NCc1ccn[nH]1)n1nc(C(F)(F)F)c(Br)c1C1CC1. The lowest BCUT2D eigenvalue weighted by molar-refractivity contribution is -0.142. The molecule has 130 valence electrons. The molecule has 2 aromatic heterocycles. The number of H-pyrrole nitrogens is 1. The minimum Gasteiger partial charge on any atom is -0.349 e. The summed E-state index contributed by atoms with van der Waals surface area (Å²) in [6, 6.07) is 0.850. The number of aromatic nitrogens is 4. The Morgan fingerprint density at radius 2 is 2.25 bits per heavy atom. The van der Waals surface area contributed by atoms with Crippen LogP contribution in [0.4, 0.5) is 13.2 Å². The second-order valence-electron chi connectivity index (χ2n) is 5.74. The number of hydrogen-bond donors (Lipinski definition) is 2. The molecule has 3 rings (SSSR count). The van der Waals surface area contributed by atoms with Gasteiger partial charge < -0.3 is 5.32 Å². The van der Waals surface area contributed by atoms with Crippen molar-refractivity contribution in [2.24, 2.45) is 0 Å². The quantitative estimate of drug-likeness (QED) is 0.801. The van der Waals surface area contributed by atoms with E-state index in [9.17, 15) is 18.0 Å². The predicted molar refractivity (Wildman–Crippen MR) is 82.0 cm³/mol. The molecule has 0 saturated heterocycles. The molecule has 24 heavy (non-hydrogen) atoms. The Bertz CT molecular complexity index is 736. The normalized spacial score (nSPS) is 16.2. The third-order valence-corrected chi connectivity index (χ3v) is 4.66. The Morgan fingerprint density at radius 1 is 1.54 bits per heavy atom. The van der Waals surface area contributed by atoms with Gasteiger partial charge in [-0.1, -0.05) is 0 Å². The molecule has 1 saturated carbocycles. The van der Waals surface area contributed by atoms with Crippen molar-refractivity contribution in [2.45, 2.75) is 44.4 Å². The fraction of sp³-hybridized carbons (Fsp3) is 0.500. The van der Waals surface area contributed by atoms with Crippen molar-refractivity contribution < 1.29 is 18.0 Å². The number of nitrogens with zero attached hydrogens (tertiary/aromatic N) is 3. The van der Waals surface area contributed by atoms with Crippen molar-refractivity contribution in [3.05, 3.63) is 33.8 Å². The van der Waals surface area contributed by atoms with Gasteiger partial charge in [-0.3, -0.25) is 14.6 Å². The van der Waals surface area contributed by atoms with E-state index in [1.807, 2.05) is 0 Å². The Hall–Kier alpha value is -1.84. The van der Waals surface area contributed by atoms with E-state index >= 15 is 0 Å². The second-order valence-corrected chi connectivity index (χ2v) is 6.53. The Kier molecular flexibility index (Phi) is 4.41. The first-order valence-corrected chi connectivity index (χ1v) is 8.19. The van der Waals surface area contributed by atoms with Crippen LogP contribution in [0.3, 0.4) is 0 Å². The molecule has 1 aliphatic carbocycles. The second kappa shape index (κ2) is 6.23. The van der Waals surface area contributed by atoms with Gasteiger partial charge in [0.25, 0.3) is 0 Å². The van der Waals surface area contributed by atoms with Crippen molar-refractivity contribution in [1.29, 1.82) is 0 Å². The van der Waals surface area contributed by atoms with Crippen molar-refractivity contribution in [3.8, 4) is 0 Å². The Balaban J connectivity index is 1.83. The van der Waals surface area contributed by atoms with Gasteiger partial charge in [0.2, 0.25) is 5.91 Å². The molecule has 1 fully saturated rings. The number of aromatic amines is 1. The number of nitrogens with one attached hydrogen (secondary N) is 2. The maximum absolute atomic E-state index is 13.1. The van der Waals surface area contributed by atoms with Crippen molar-refractivity contribution in [2.75, 3.05) is 0 Å². The summed E-state index contributed by atoms with van der Waals surface area (Å²) in [4.78, 5) is 12.3. The van der Waals surface area contributed by atoms with Crippen LogP contribution in [0.5, 0.6) is 0 Å². The molecule has 2 N–H and O–H groups in total. The summed E-state index contributed by atoms with van der Waals surface area (Å²) in [6.45, 7) is 1.75. The van der Waals surface area contributed by atoms with Crippen LogP contribution in [-0.2, 0) is 17.5 Å². The van der Waals surface area contributed by atoms with E-state index in [1.165, 1.54) is 11.6 Å². The topological polar surface area (TPSA) is 75.6 Å². The van der Waals surface area contributed by atoms with E-state index in [0.29, 0.717) is 11.4 Å². The van der Waals surface area contributed by atoms with E-state index in [1.54, 1.807) is 12.3 Å². The molecule has 2 heterocycles. The summed E-state index contributed by atoms with van der Waals surface area (Å²) < 4.78 is 40.4. The highest BCUT2D eigenvalue weighted by atomic mass is 79.9. The van der Waals surface area contributed by atoms with E-state index in [2.05, 4.69) is 36.5 Å². The first kappa shape index (κ1) is 17.0. The zero-order chi connectivity index (χ0) is 17.5. The van der Waals surface area contributed by atoms with E-state index < -0.39 is 23.8 Å². The lowest BCUT2D eigenvalue weighted by Crippen LogP contribution is -2.32. The van der Waals surface area contributed by atoms with Gasteiger partial charge in [0.05, 0.1) is 22.4 Å². The summed E-state index contributed by atoms with van der Waals surface area (Å²) in [6.07, 6.45) is -1.43. The van der Waals surface area contributed by atoms with Crippen LogP contribution in [-0.4, -0.2) is 25.9 Å². The molecule has 1 amide bonds. The standard InChI is InChI=1S/C14H15BrF3N5O/c1-7(13(24)19-6-9-4-5-20-21-9)23-11(8-2-3-8)10(15)12(22-23)14(16,17)18/h4-5,7-8H,2-3,6H2,1H3,(H,19,24)(H,20,21). The highest BCUT2D eigenvalue weighted by molar-refractivity contribution is 9.10. The largest absolute Gasteiger partial charge is 0.436 e. The maximum atomic E-state index is 13.1. The van der Waals surface area contributed by atoms with E-state index in [4.69, 9.17) is 0 Å². The average molecular weight is 406 g/mol. The number of amides is 1. The molecule has 1 unspecified atom stereocenters. The van der Waals surface area contributed by atoms with Crippen LogP contribution in [0.1, 0.15) is 48.8 Å². The molecule has 1 atom stereocenters. The molecule has 0 aromatic carbocycles. The van der Waals surface area contributed by atoms with Gasteiger partial charge in [0.15, 0.2) is 5.69 Å². The molecule has 10 heteroatoms. The van der Waals surface area contributed by atoms with E-state index in [-0.39, 0.29) is 16.9 Å². The third-order valence-electron chi connectivity index (χ3n) is 3.88. The fourth-order valence-electron chi connectivity index (χ4n) is 2.45. The van der Waals surface area contributed by atoms with Gasteiger partial charge in [-0.15, -0.1) is 0 Å². The highest BCUT2D eigenvalue weighted by Crippen LogP contribution is 2.47. The molecule has 1 aliphatic rings. The summed E-state index contributed by atoms with van der Waals surface area (Å²) in [5.41, 5.74) is 0.153. The van der Waals surface area contributed by atoms with Gasteiger partial charge in [0, 0.05) is 12.1 Å². The Morgan fingerprint density at radius 3 is 2.79 bits per heavy atom.